The first kappa shape index (κ1) is 18.6. The van der Waals surface area contributed by atoms with Crippen LogP contribution < -0.4 is 14.8 Å². The van der Waals surface area contributed by atoms with Crippen molar-refractivity contribution in [2.45, 2.75) is 50.6 Å². The van der Waals surface area contributed by atoms with E-state index in [4.69, 9.17) is 9.47 Å². The van der Waals surface area contributed by atoms with Gasteiger partial charge in [-0.2, -0.15) is 0 Å². The zero-order chi connectivity index (χ0) is 20.1. The van der Waals surface area contributed by atoms with Gasteiger partial charge in [0, 0.05) is 30.9 Å². The molecule has 3 saturated heterocycles. The number of fused-ring (bicyclic) bond motifs is 7. The van der Waals surface area contributed by atoms with Crippen LogP contribution in [0.2, 0.25) is 0 Å². The van der Waals surface area contributed by atoms with Crippen LogP contribution in [0.25, 0.3) is 0 Å². The number of carbonyl (C=O) groups is 1. The van der Waals surface area contributed by atoms with Gasteiger partial charge in [0.1, 0.15) is 13.2 Å². The van der Waals surface area contributed by atoms with E-state index in [9.17, 15) is 4.79 Å². The summed E-state index contributed by atoms with van der Waals surface area (Å²) in [5.74, 6) is 2.72. The average Bonchev–Trinajstić information content (AvgIpc) is 2.78. The predicted octanol–water partition coefficient (Wildman–Crippen LogP) is 3.88. The van der Waals surface area contributed by atoms with Crippen LogP contribution in [-0.4, -0.2) is 60.8 Å². The number of rotatable bonds is 1. The van der Waals surface area contributed by atoms with Crippen LogP contribution in [0.5, 0.6) is 11.5 Å². The Morgan fingerprint density at radius 3 is 2.90 bits per heavy atom. The molecule has 6 heteroatoms. The molecule has 4 heterocycles. The summed E-state index contributed by atoms with van der Waals surface area (Å²) in [6.07, 6.45) is 10.1. The van der Waals surface area contributed by atoms with Gasteiger partial charge in [-0.3, -0.25) is 4.90 Å². The van der Waals surface area contributed by atoms with E-state index in [0.29, 0.717) is 30.8 Å². The summed E-state index contributed by atoms with van der Waals surface area (Å²) in [6.45, 7) is 4.34. The topological polar surface area (TPSA) is 54.0 Å². The zero-order valence-electron chi connectivity index (χ0n) is 17.5. The Morgan fingerprint density at radius 2 is 1.97 bits per heavy atom. The highest BCUT2D eigenvalue weighted by atomic mass is 16.6. The molecule has 5 aliphatic rings. The number of amides is 2. The lowest BCUT2D eigenvalue weighted by molar-refractivity contribution is 0.00908. The second-order valence-corrected chi connectivity index (χ2v) is 9.49. The molecule has 1 N–H and O–H groups in total. The van der Waals surface area contributed by atoms with Crippen molar-refractivity contribution in [3.63, 3.8) is 0 Å². The van der Waals surface area contributed by atoms with Gasteiger partial charge in [-0.1, -0.05) is 18.1 Å². The van der Waals surface area contributed by atoms with Crippen LogP contribution in [-0.2, 0) is 0 Å². The third kappa shape index (κ3) is 3.16. The Bertz CT molecular complexity index is 869. The van der Waals surface area contributed by atoms with Crippen molar-refractivity contribution >= 4 is 11.7 Å². The lowest BCUT2D eigenvalue weighted by Crippen LogP contribution is -2.60. The molecular formula is C24H31N3O3. The number of benzene rings is 1. The normalized spacial score (nSPS) is 32.5. The molecule has 2 amide bonds. The number of nitrogens with one attached hydrogen (secondary N) is 1. The second-order valence-electron chi connectivity index (χ2n) is 9.49. The number of carbonyl (C=O) groups excluding carboxylic acids is 1. The van der Waals surface area contributed by atoms with Gasteiger partial charge in [-0.05, 0) is 62.6 Å². The lowest BCUT2D eigenvalue weighted by atomic mass is 9.68. The van der Waals surface area contributed by atoms with Gasteiger partial charge < -0.3 is 19.7 Å². The van der Waals surface area contributed by atoms with E-state index < -0.39 is 0 Å². The Labute approximate surface area is 178 Å². The molecular weight excluding hydrogens is 378 g/mol. The second kappa shape index (κ2) is 7.49. The smallest absolute Gasteiger partial charge is 0.322 e. The SMILES string of the molecule is O=C(Nc1ccc2c(c1)OCCO2)N1CCCC2=C[C@@H]3C[C@H](CN4CCCCC34)C21. The van der Waals surface area contributed by atoms with E-state index in [0.717, 1.165) is 43.4 Å². The maximum Gasteiger partial charge on any atom is 0.322 e. The van der Waals surface area contributed by atoms with Gasteiger partial charge >= 0.3 is 6.03 Å². The van der Waals surface area contributed by atoms with Crippen molar-refractivity contribution in [2.24, 2.45) is 11.8 Å². The maximum absolute atomic E-state index is 13.3. The van der Waals surface area contributed by atoms with Crippen LogP contribution in [0, 0.1) is 11.8 Å². The van der Waals surface area contributed by atoms with Crippen LogP contribution in [0.4, 0.5) is 10.5 Å². The van der Waals surface area contributed by atoms with Gasteiger partial charge in [0.25, 0.3) is 0 Å². The molecule has 3 fully saturated rings. The molecule has 2 unspecified atom stereocenters. The summed E-state index contributed by atoms with van der Waals surface area (Å²) in [7, 11) is 0. The fourth-order valence-electron chi connectivity index (χ4n) is 6.52. The Hall–Kier alpha value is -2.21. The molecule has 1 aromatic rings. The number of urea groups is 1. The molecule has 0 spiro atoms. The molecule has 1 aliphatic carbocycles. The lowest BCUT2D eigenvalue weighted by Gasteiger charge is -2.54. The number of hydrogen-bond acceptors (Lipinski definition) is 4. The number of anilines is 1. The zero-order valence-corrected chi connectivity index (χ0v) is 17.5. The average molecular weight is 410 g/mol. The minimum atomic E-state index is 0.0153. The van der Waals surface area contributed by atoms with E-state index in [-0.39, 0.29) is 12.1 Å². The summed E-state index contributed by atoms with van der Waals surface area (Å²) in [4.78, 5) is 18.2. The molecule has 4 aliphatic heterocycles. The molecule has 0 aromatic heterocycles. The van der Waals surface area contributed by atoms with Crippen molar-refractivity contribution in [3.05, 3.63) is 29.8 Å². The highest BCUT2D eigenvalue weighted by Gasteiger charge is 2.46. The molecule has 6 nitrogen and oxygen atoms in total. The summed E-state index contributed by atoms with van der Waals surface area (Å²) >= 11 is 0. The van der Waals surface area contributed by atoms with Crippen LogP contribution in [0.15, 0.2) is 29.8 Å². The molecule has 6 rings (SSSR count). The number of hydrogen-bond donors (Lipinski definition) is 1. The van der Waals surface area contributed by atoms with Gasteiger partial charge in [0.15, 0.2) is 11.5 Å². The van der Waals surface area contributed by atoms with Gasteiger partial charge in [-0.15, -0.1) is 0 Å². The van der Waals surface area contributed by atoms with Crippen molar-refractivity contribution in [3.8, 4) is 11.5 Å². The van der Waals surface area contributed by atoms with Crippen molar-refractivity contribution in [2.75, 3.05) is 38.2 Å². The summed E-state index contributed by atoms with van der Waals surface area (Å²) in [5, 5.41) is 3.14. The van der Waals surface area contributed by atoms with E-state index >= 15 is 0 Å². The standard InChI is InChI=1S/C24H31N3O3/c28-24(25-19-6-7-21-22(14-19)30-11-10-29-21)27-9-3-4-16-12-17-13-18(23(16)27)15-26-8-2-1-5-20(17)26/h6-7,12,14,17-18,20,23H,1-5,8-11,13,15H2,(H,25,28)/t17-,18-,20?,23?/m1/s1. The monoisotopic (exact) mass is 409 g/mol. The fourth-order valence-corrected chi connectivity index (χ4v) is 6.52. The number of likely N-dealkylation sites (tertiary alicyclic amines) is 1. The maximum atomic E-state index is 13.3. The van der Waals surface area contributed by atoms with Gasteiger partial charge in [0.05, 0.1) is 6.04 Å². The molecule has 1 aromatic carbocycles. The molecule has 160 valence electrons. The first-order chi connectivity index (χ1) is 14.8. The Balaban J connectivity index is 1.23. The minimum Gasteiger partial charge on any atom is -0.486 e. The van der Waals surface area contributed by atoms with Crippen molar-refractivity contribution in [1.82, 2.24) is 9.80 Å². The van der Waals surface area contributed by atoms with Crippen LogP contribution in [0.1, 0.15) is 38.5 Å². The van der Waals surface area contributed by atoms with E-state index in [2.05, 4.69) is 21.2 Å². The van der Waals surface area contributed by atoms with Gasteiger partial charge in [-0.25, -0.2) is 4.79 Å². The Kier molecular flexibility index (Phi) is 4.63. The minimum absolute atomic E-state index is 0.0153. The molecule has 0 radical (unpaired) electrons. The third-order valence-electron chi connectivity index (χ3n) is 7.71. The highest BCUT2D eigenvalue weighted by Crippen LogP contribution is 2.45. The van der Waals surface area contributed by atoms with Crippen molar-refractivity contribution < 1.29 is 14.3 Å². The number of nitrogens with zero attached hydrogens (tertiary/aromatic N) is 2. The Morgan fingerprint density at radius 1 is 1.07 bits per heavy atom. The molecule has 30 heavy (non-hydrogen) atoms. The van der Waals surface area contributed by atoms with Crippen LogP contribution in [0.3, 0.4) is 0 Å². The van der Waals surface area contributed by atoms with Crippen LogP contribution >= 0.6 is 0 Å². The molecule has 0 saturated carbocycles. The number of ether oxygens (including phenoxy) is 2. The number of piperidine rings is 3. The highest BCUT2D eigenvalue weighted by molar-refractivity contribution is 5.90. The molecule has 4 atom stereocenters. The predicted molar refractivity (Wildman–Crippen MR) is 115 cm³/mol. The molecule has 2 bridgehead atoms. The third-order valence-corrected chi connectivity index (χ3v) is 7.71. The van der Waals surface area contributed by atoms with E-state index in [1.807, 2.05) is 18.2 Å². The summed E-state index contributed by atoms with van der Waals surface area (Å²) in [5.41, 5.74) is 2.29. The fraction of sp³-hybridized carbons (Fsp3) is 0.625. The van der Waals surface area contributed by atoms with E-state index in [1.54, 1.807) is 0 Å². The largest absolute Gasteiger partial charge is 0.486 e. The summed E-state index contributed by atoms with van der Waals surface area (Å²) in [6, 6.07) is 6.68. The van der Waals surface area contributed by atoms with E-state index in [1.165, 1.54) is 37.8 Å². The van der Waals surface area contributed by atoms with Gasteiger partial charge in [0.2, 0.25) is 0 Å². The van der Waals surface area contributed by atoms with Crippen molar-refractivity contribution in [1.29, 1.82) is 0 Å². The first-order valence-electron chi connectivity index (χ1n) is 11.7. The first-order valence-corrected chi connectivity index (χ1v) is 11.7. The summed E-state index contributed by atoms with van der Waals surface area (Å²) < 4.78 is 11.3. The quantitative estimate of drug-likeness (QED) is 0.715.